The number of nitrogens with zero attached hydrogens (tertiary/aromatic N) is 3. The van der Waals surface area contributed by atoms with Gasteiger partial charge in [0.05, 0.1) is 5.56 Å². The lowest BCUT2D eigenvalue weighted by atomic mass is 9.96. The molecule has 2 aromatic heterocycles. The van der Waals surface area contributed by atoms with Gasteiger partial charge in [0.2, 0.25) is 0 Å². The summed E-state index contributed by atoms with van der Waals surface area (Å²) in [5, 5.41) is 7.26. The number of rotatable bonds is 6. The Balaban J connectivity index is 1.09. The number of hydrogen-bond acceptors (Lipinski definition) is 4. The first kappa shape index (κ1) is 23.3. The third kappa shape index (κ3) is 4.57. The second kappa shape index (κ2) is 9.73. The van der Waals surface area contributed by atoms with Gasteiger partial charge in [-0.3, -0.25) is 9.59 Å². The van der Waals surface area contributed by atoms with Crippen LogP contribution in [0.3, 0.4) is 0 Å². The Labute approximate surface area is 216 Å². The quantitative estimate of drug-likeness (QED) is 0.416. The molecule has 0 radical (unpaired) electrons. The van der Waals surface area contributed by atoms with Crippen molar-refractivity contribution in [3.8, 4) is 0 Å². The number of pyridine rings is 1. The van der Waals surface area contributed by atoms with E-state index in [0.717, 1.165) is 53.5 Å². The van der Waals surface area contributed by atoms with E-state index in [1.54, 1.807) is 6.20 Å². The highest BCUT2D eigenvalue weighted by Gasteiger charge is 2.41. The first-order chi connectivity index (χ1) is 18.1. The lowest BCUT2D eigenvalue weighted by Crippen LogP contribution is -2.50. The first-order valence-electron chi connectivity index (χ1n) is 13.0. The summed E-state index contributed by atoms with van der Waals surface area (Å²) >= 11 is 0. The Bertz CT molecular complexity index is 1420. The predicted octanol–water partition coefficient (Wildman–Crippen LogP) is 4.43. The summed E-state index contributed by atoms with van der Waals surface area (Å²) in [5.74, 6) is 0.783. The van der Waals surface area contributed by atoms with E-state index in [2.05, 4.69) is 20.5 Å². The van der Waals surface area contributed by atoms with Gasteiger partial charge < -0.3 is 20.1 Å². The molecule has 2 aliphatic heterocycles. The van der Waals surface area contributed by atoms with E-state index in [9.17, 15) is 9.59 Å². The normalized spacial score (nSPS) is 20.7. The fraction of sp³-hybridized carbons (Fsp3) is 0.300. The Kier molecular flexibility index (Phi) is 6.12. The molecule has 37 heavy (non-hydrogen) atoms. The number of benzene rings is 2. The summed E-state index contributed by atoms with van der Waals surface area (Å²) in [7, 11) is 2.00. The average Bonchev–Trinajstić information content (AvgIpc) is 3.44. The number of fused-ring (bicyclic) bond motifs is 3. The van der Waals surface area contributed by atoms with Gasteiger partial charge in [0, 0.05) is 60.6 Å². The van der Waals surface area contributed by atoms with Crippen molar-refractivity contribution in [3.05, 3.63) is 95.8 Å². The largest absolute Gasteiger partial charge is 0.351 e. The van der Waals surface area contributed by atoms with Crippen LogP contribution in [0.25, 0.3) is 10.9 Å². The van der Waals surface area contributed by atoms with Crippen LogP contribution in [0.2, 0.25) is 0 Å². The molecule has 188 valence electrons. The van der Waals surface area contributed by atoms with Crippen LogP contribution in [0.15, 0.2) is 79.1 Å². The van der Waals surface area contributed by atoms with Crippen LogP contribution in [-0.4, -0.2) is 39.5 Å². The van der Waals surface area contributed by atoms with Crippen LogP contribution in [0.4, 0.5) is 5.82 Å². The number of nitrogens with one attached hydrogen (secondary N) is 2. The van der Waals surface area contributed by atoms with Gasteiger partial charge in [-0.1, -0.05) is 36.4 Å². The van der Waals surface area contributed by atoms with Crippen molar-refractivity contribution in [3.63, 3.8) is 0 Å². The molecule has 2 aromatic carbocycles. The van der Waals surface area contributed by atoms with Crippen molar-refractivity contribution >= 4 is 28.5 Å². The van der Waals surface area contributed by atoms with E-state index >= 15 is 0 Å². The number of carbonyl (C=O) groups is 2. The van der Waals surface area contributed by atoms with Gasteiger partial charge >= 0.3 is 0 Å². The molecule has 2 N–H and O–H groups in total. The number of carbonyl (C=O) groups excluding carboxylic acids is 2. The minimum Gasteiger partial charge on any atom is -0.351 e. The summed E-state index contributed by atoms with van der Waals surface area (Å²) in [6.07, 6.45) is 7.63. The lowest BCUT2D eigenvalue weighted by Gasteiger charge is -2.40. The number of aromatic nitrogens is 2. The molecule has 2 saturated heterocycles. The lowest BCUT2D eigenvalue weighted by molar-refractivity contribution is 0.0926. The van der Waals surface area contributed by atoms with Gasteiger partial charge in [0.25, 0.3) is 11.8 Å². The molecule has 2 bridgehead atoms. The van der Waals surface area contributed by atoms with E-state index < -0.39 is 0 Å². The summed E-state index contributed by atoms with van der Waals surface area (Å²) in [6, 6.07) is 22.4. The Morgan fingerprint density at radius 2 is 1.70 bits per heavy atom. The molecule has 7 heteroatoms. The van der Waals surface area contributed by atoms with E-state index in [1.807, 2.05) is 84.5 Å². The van der Waals surface area contributed by atoms with Crippen molar-refractivity contribution in [2.75, 3.05) is 4.90 Å². The minimum absolute atomic E-state index is 0.00126. The molecule has 2 aliphatic rings. The van der Waals surface area contributed by atoms with Crippen molar-refractivity contribution in [1.29, 1.82) is 0 Å². The highest BCUT2D eigenvalue weighted by atomic mass is 16.2. The summed E-state index contributed by atoms with van der Waals surface area (Å²) in [5.41, 5.74) is 3.41. The topological polar surface area (TPSA) is 79.3 Å². The zero-order valence-electron chi connectivity index (χ0n) is 20.9. The molecule has 2 unspecified atom stereocenters. The number of amides is 2. The number of aryl methyl sites for hydroxylation is 1. The Morgan fingerprint density at radius 3 is 2.43 bits per heavy atom. The third-order valence-corrected chi connectivity index (χ3v) is 7.81. The number of anilines is 1. The molecule has 4 heterocycles. The fourth-order valence-corrected chi connectivity index (χ4v) is 5.99. The second-order valence-electron chi connectivity index (χ2n) is 10.2. The van der Waals surface area contributed by atoms with Crippen LogP contribution in [0, 0.1) is 0 Å². The van der Waals surface area contributed by atoms with E-state index in [4.69, 9.17) is 0 Å². The molecule has 2 atom stereocenters. The predicted molar refractivity (Wildman–Crippen MR) is 145 cm³/mol. The number of piperidine rings is 1. The first-order valence-corrected chi connectivity index (χ1v) is 13.0. The maximum atomic E-state index is 13.2. The molecule has 7 nitrogen and oxygen atoms in total. The fourth-order valence-electron chi connectivity index (χ4n) is 5.99. The van der Waals surface area contributed by atoms with Crippen LogP contribution < -0.4 is 15.5 Å². The molecule has 4 aromatic rings. The summed E-state index contributed by atoms with van der Waals surface area (Å²) < 4.78 is 2.04. The Morgan fingerprint density at radius 1 is 0.919 bits per heavy atom. The SMILES string of the molecule is Cn1ccc2c(C(=O)NC3CC4CCC(C3)N4c3ccc(C(=O)NCc4ccccc4)cn3)cccc21. The Hall–Kier alpha value is -4.13. The molecular weight excluding hydrogens is 462 g/mol. The van der Waals surface area contributed by atoms with E-state index in [-0.39, 0.29) is 17.9 Å². The van der Waals surface area contributed by atoms with Gasteiger partial charge in [0.1, 0.15) is 5.82 Å². The second-order valence-corrected chi connectivity index (χ2v) is 10.2. The molecule has 0 aliphatic carbocycles. The smallest absolute Gasteiger partial charge is 0.253 e. The monoisotopic (exact) mass is 493 g/mol. The zero-order chi connectivity index (χ0) is 25.4. The number of hydrogen-bond donors (Lipinski definition) is 2. The van der Waals surface area contributed by atoms with Gasteiger partial charge in [-0.2, -0.15) is 0 Å². The van der Waals surface area contributed by atoms with Gasteiger partial charge in [-0.15, -0.1) is 0 Å². The highest BCUT2D eigenvalue weighted by molar-refractivity contribution is 6.06. The third-order valence-electron chi connectivity index (χ3n) is 7.81. The van der Waals surface area contributed by atoms with Crippen molar-refractivity contribution in [2.24, 2.45) is 7.05 Å². The van der Waals surface area contributed by atoms with Crippen LogP contribution in [-0.2, 0) is 13.6 Å². The molecule has 0 saturated carbocycles. The van der Waals surface area contributed by atoms with Crippen molar-refractivity contribution in [1.82, 2.24) is 20.2 Å². The highest BCUT2D eigenvalue weighted by Crippen LogP contribution is 2.38. The molecule has 2 fully saturated rings. The molecular formula is C30H31N5O2. The molecule has 6 rings (SSSR count). The molecule has 0 spiro atoms. The zero-order valence-corrected chi connectivity index (χ0v) is 20.9. The average molecular weight is 494 g/mol. The maximum absolute atomic E-state index is 13.2. The van der Waals surface area contributed by atoms with E-state index in [0.29, 0.717) is 24.2 Å². The standard InChI is InChI=1S/C30H31N5O2/c1-34-15-14-25-26(8-5-9-27(25)34)30(37)33-22-16-23-11-12-24(17-22)35(23)28-13-10-21(19-31-28)29(36)32-18-20-6-3-2-4-7-20/h2-10,13-15,19,22-24H,11-12,16-18H2,1H3,(H,32,36)(H,33,37). The van der Waals surface area contributed by atoms with Crippen LogP contribution >= 0.6 is 0 Å². The summed E-state index contributed by atoms with van der Waals surface area (Å²) in [4.78, 5) is 32.8. The van der Waals surface area contributed by atoms with Crippen molar-refractivity contribution < 1.29 is 9.59 Å². The van der Waals surface area contributed by atoms with Crippen molar-refractivity contribution in [2.45, 2.75) is 50.4 Å². The maximum Gasteiger partial charge on any atom is 0.253 e. The van der Waals surface area contributed by atoms with Crippen LogP contribution in [0.1, 0.15) is 52.0 Å². The minimum atomic E-state index is -0.124. The molecule has 2 amide bonds. The summed E-state index contributed by atoms with van der Waals surface area (Å²) in [6.45, 7) is 0.490. The van der Waals surface area contributed by atoms with Gasteiger partial charge in [-0.05, 0) is 61.6 Å². The van der Waals surface area contributed by atoms with E-state index in [1.165, 1.54) is 0 Å². The van der Waals surface area contributed by atoms with Crippen LogP contribution in [0.5, 0.6) is 0 Å². The van der Waals surface area contributed by atoms with Gasteiger partial charge in [-0.25, -0.2) is 4.98 Å². The van der Waals surface area contributed by atoms with Gasteiger partial charge in [0.15, 0.2) is 0 Å².